The zero-order valence-electron chi connectivity index (χ0n) is 13.0. The van der Waals surface area contributed by atoms with Crippen molar-refractivity contribution < 1.29 is 23.5 Å². The van der Waals surface area contributed by atoms with Gasteiger partial charge in [-0.1, -0.05) is 13.8 Å². The van der Waals surface area contributed by atoms with Crippen molar-refractivity contribution in [3.63, 3.8) is 0 Å². The third kappa shape index (κ3) is 2.18. The number of carbonyl (C=O) groups is 3. The predicted molar refractivity (Wildman–Crippen MR) is 79.9 cm³/mol. The quantitative estimate of drug-likeness (QED) is 0.691. The van der Waals surface area contributed by atoms with Crippen molar-refractivity contribution in [3.05, 3.63) is 52.2 Å². The Morgan fingerprint density at radius 3 is 2.70 bits per heavy atom. The van der Waals surface area contributed by atoms with Crippen molar-refractivity contribution in [1.29, 1.82) is 0 Å². The van der Waals surface area contributed by atoms with Crippen LogP contribution in [0, 0.1) is 0 Å². The standard InChI is InChI=1S/C17H15NO5/c1-4-22-17(21)11-10-14(20)12-9(6-5-7-18-12)13(19)16(10)23-15(11)8(2)3/h5-8H,4H2,1-3H3. The fourth-order valence-electron chi connectivity index (χ4n) is 2.65. The Morgan fingerprint density at radius 2 is 2.04 bits per heavy atom. The van der Waals surface area contributed by atoms with Gasteiger partial charge in [0.05, 0.1) is 17.7 Å². The molecule has 0 saturated carbocycles. The van der Waals surface area contributed by atoms with Crippen molar-refractivity contribution >= 4 is 17.5 Å². The van der Waals surface area contributed by atoms with Gasteiger partial charge in [0.15, 0.2) is 5.76 Å². The lowest BCUT2D eigenvalue weighted by Crippen LogP contribution is -2.23. The fourth-order valence-corrected chi connectivity index (χ4v) is 2.65. The summed E-state index contributed by atoms with van der Waals surface area (Å²) in [6.45, 7) is 5.46. The average Bonchev–Trinajstić information content (AvgIpc) is 2.94. The lowest BCUT2D eigenvalue weighted by molar-refractivity contribution is 0.0520. The summed E-state index contributed by atoms with van der Waals surface area (Å²) in [4.78, 5) is 41.6. The van der Waals surface area contributed by atoms with Crippen LogP contribution in [0.4, 0.5) is 0 Å². The maximum atomic E-state index is 12.7. The third-order valence-electron chi connectivity index (χ3n) is 3.64. The number of furan rings is 1. The summed E-state index contributed by atoms with van der Waals surface area (Å²) in [5.74, 6) is -1.61. The molecule has 118 valence electrons. The number of pyridine rings is 1. The molecule has 0 fully saturated rings. The van der Waals surface area contributed by atoms with Gasteiger partial charge < -0.3 is 9.15 Å². The van der Waals surface area contributed by atoms with Gasteiger partial charge in [0.2, 0.25) is 11.6 Å². The Labute approximate surface area is 132 Å². The van der Waals surface area contributed by atoms with Crippen LogP contribution in [-0.4, -0.2) is 29.1 Å². The molecule has 6 nitrogen and oxygen atoms in total. The molecule has 0 unspecified atom stereocenters. The van der Waals surface area contributed by atoms with Crippen LogP contribution in [-0.2, 0) is 4.74 Å². The molecule has 2 aromatic rings. The summed E-state index contributed by atoms with van der Waals surface area (Å²) in [6.07, 6.45) is 1.43. The van der Waals surface area contributed by atoms with E-state index in [1.807, 2.05) is 13.8 Å². The smallest absolute Gasteiger partial charge is 0.342 e. The number of hydrogen-bond donors (Lipinski definition) is 0. The van der Waals surface area contributed by atoms with Gasteiger partial charge in [-0.05, 0) is 19.1 Å². The lowest BCUT2D eigenvalue weighted by Gasteiger charge is -2.12. The van der Waals surface area contributed by atoms with Crippen LogP contribution in [0.1, 0.15) is 75.0 Å². The first-order valence-corrected chi connectivity index (χ1v) is 7.35. The van der Waals surface area contributed by atoms with E-state index in [2.05, 4.69) is 4.98 Å². The van der Waals surface area contributed by atoms with Gasteiger partial charge in [-0.25, -0.2) is 4.79 Å². The Bertz CT molecular complexity index is 832. The van der Waals surface area contributed by atoms with Crippen molar-refractivity contribution in [2.75, 3.05) is 6.61 Å². The van der Waals surface area contributed by atoms with Crippen molar-refractivity contribution in [3.8, 4) is 0 Å². The van der Waals surface area contributed by atoms with E-state index in [4.69, 9.17) is 9.15 Å². The summed E-state index contributed by atoms with van der Waals surface area (Å²) < 4.78 is 10.6. The Balaban J connectivity index is 2.28. The number of ether oxygens (including phenoxy) is 1. The summed E-state index contributed by atoms with van der Waals surface area (Å²) in [5, 5.41) is 0. The number of ketones is 2. The molecule has 2 aromatic heterocycles. The molecule has 1 aliphatic rings. The van der Waals surface area contributed by atoms with E-state index >= 15 is 0 Å². The van der Waals surface area contributed by atoms with E-state index in [1.54, 1.807) is 13.0 Å². The molecule has 0 N–H and O–H groups in total. The maximum absolute atomic E-state index is 12.7. The van der Waals surface area contributed by atoms with Crippen LogP contribution < -0.4 is 0 Å². The molecule has 0 radical (unpaired) electrons. The molecular weight excluding hydrogens is 298 g/mol. The lowest BCUT2D eigenvalue weighted by atomic mass is 9.89. The fraction of sp³-hybridized carbons (Fsp3) is 0.294. The Morgan fingerprint density at radius 1 is 1.30 bits per heavy atom. The highest BCUT2D eigenvalue weighted by molar-refractivity contribution is 6.29. The zero-order valence-corrected chi connectivity index (χ0v) is 13.0. The second-order valence-electron chi connectivity index (χ2n) is 5.48. The molecule has 2 heterocycles. The first kappa shape index (κ1) is 15.1. The van der Waals surface area contributed by atoms with Crippen LogP contribution >= 0.6 is 0 Å². The summed E-state index contributed by atoms with van der Waals surface area (Å²) in [7, 11) is 0. The molecule has 0 spiro atoms. The minimum Gasteiger partial charge on any atom is -0.462 e. The second kappa shape index (κ2) is 5.46. The second-order valence-corrected chi connectivity index (χ2v) is 5.48. The molecule has 0 amide bonds. The number of fused-ring (bicyclic) bond motifs is 2. The van der Waals surface area contributed by atoms with Crippen molar-refractivity contribution in [1.82, 2.24) is 4.98 Å². The average molecular weight is 313 g/mol. The Hall–Kier alpha value is -2.76. The van der Waals surface area contributed by atoms with Gasteiger partial charge in [0.1, 0.15) is 17.0 Å². The third-order valence-corrected chi connectivity index (χ3v) is 3.64. The van der Waals surface area contributed by atoms with Gasteiger partial charge in [-0.3, -0.25) is 14.6 Å². The van der Waals surface area contributed by atoms with Crippen LogP contribution in [0.5, 0.6) is 0 Å². The van der Waals surface area contributed by atoms with Crippen molar-refractivity contribution in [2.45, 2.75) is 26.7 Å². The minimum absolute atomic E-state index is 0.0338. The molecule has 0 bridgehead atoms. The topological polar surface area (TPSA) is 86.5 Å². The molecule has 0 aliphatic heterocycles. The van der Waals surface area contributed by atoms with Crippen LogP contribution in [0.25, 0.3) is 0 Å². The number of aromatic nitrogens is 1. The molecule has 3 rings (SSSR count). The number of hydrogen-bond acceptors (Lipinski definition) is 6. The van der Waals surface area contributed by atoms with Gasteiger partial charge in [0.25, 0.3) is 0 Å². The van der Waals surface area contributed by atoms with E-state index in [0.29, 0.717) is 0 Å². The Kier molecular flexibility index (Phi) is 3.60. The molecule has 23 heavy (non-hydrogen) atoms. The van der Waals surface area contributed by atoms with Gasteiger partial charge in [-0.15, -0.1) is 0 Å². The number of esters is 1. The summed E-state index contributed by atoms with van der Waals surface area (Å²) in [6, 6.07) is 3.10. The minimum atomic E-state index is -0.665. The number of carbonyl (C=O) groups excluding carboxylic acids is 3. The van der Waals surface area contributed by atoms with Crippen molar-refractivity contribution in [2.24, 2.45) is 0 Å². The van der Waals surface area contributed by atoms with E-state index in [1.165, 1.54) is 12.3 Å². The molecule has 0 atom stereocenters. The first-order valence-electron chi connectivity index (χ1n) is 7.35. The molecular formula is C17H15NO5. The monoisotopic (exact) mass is 313 g/mol. The van der Waals surface area contributed by atoms with E-state index in [0.717, 1.165) is 0 Å². The summed E-state index contributed by atoms with van der Waals surface area (Å²) >= 11 is 0. The first-order chi connectivity index (χ1) is 11.0. The maximum Gasteiger partial charge on any atom is 0.342 e. The van der Waals surface area contributed by atoms with Gasteiger partial charge >= 0.3 is 5.97 Å². The van der Waals surface area contributed by atoms with Crippen LogP contribution in [0.3, 0.4) is 0 Å². The van der Waals surface area contributed by atoms with Gasteiger partial charge in [-0.2, -0.15) is 0 Å². The van der Waals surface area contributed by atoms with Crippen LogP contribution in [0.2, 0.25) is 0 Å². The molecule has 1 aliphatic carbocycles. The summed E-state index contributed by atoms with van der Waals surface area (Å²) in [5.41, 5.74) is 0.214. The normalized spacial score (nSPS) is 13.0. The van der Waals surface area contributed by atoms with E-state index < -0.39 is 17.5 Å². The molecule has 0 aromatic carbocycles. The number of rotatable bonds is 3. The number of nitrogens with zero attached hydrogens (tertiary/aromatic N) is 1. The SMILES string of the molecule is CCOC(=O)c1c(C(C)C)oc2c1C(=O)c1ncccc1C2=O. The molecule has 0 saturated heterocycles. The zero-order chi connectivity index (χ0) is 16.7. The van der Waals surface area contributed by atoms with E-state index in [9.17, 15) is 14.4 Å². The van der Waals surface area contributed by atoms with E-state index in [-0.39, 0.29) is 46.4 Å². The highest BCUT2D eigenvalue weighted by atomic mass is 16.5. The molecule has 6 heteroatoms. The van der Waals surface area contributed by atoms with Crippen LogP contribution in [0.15, 0.2) is 22.7 Å². The predicted octanol–water partition coefficient (Wildman–Crippen LogP) is 2.75. The highest BCUT2D eigenvalue weighted by Crippen LogP contribution is 2.35. The highest BCUT2D eigenvalue weighted by Gasteiger charge is 2.41. The van der Waals surface area contributed by atoms with Gasteiger partial charge in [0, 0.05) is 12.1 Å². The largest absolute Gasteiger partial charge is 0.462 e.